The predicted octanol–water partition coefficient (Wildman–Crippen LogP) is 2.70. The molecule has 2 aliphatic rings. The van der Waals surface area contributed by atoms with E-state index in [1.165, 1.54) is 12.8 Å². The molecule has 2 N–H and O–H groups in total. The normalized spacial score (nSPS) is 24.1. The molecular weight excluding hydrogens is 276 g/mol. The standard InChI is InChI=1S/C18H34N2O2/c1-17(2,3)16(21)20-12-8-15(9-13-20)19-14-18(22)10-6-4-5-7-11-18/h15,19,22H,4-14H2,1-3H3. The van der Waals surface area contributed by atoms with E-state index in [4.69, 9.17) is 0 Å². The average Bonchev–Trinajstić information content (AvgIpc) is 2.69. The van der Waals surface area contributed by atoms with E-state index in [1.54, 1.807) is 0 Å². The summed E-state index contributed by atoms with van der Waals surface area (Å²) in [5.74, 6) is 0.258. The molecule has 2 fully saturated rings. The molecule has 0 atom stereocenters. The number of amides is 1. The van der Waals surface area contributed by atoms with Gasteiger partial charge >= 0.3 is 0 Å². The third-order valence-corrected chi connectivity index (χ3v) is 5.18. The van der Waals surface area contributed by atoms with Crippen molar-refractivity contribution in [1.82, 2.24) is 10.2 Å². The molecule has 1 saturated heterocycles. The highest BCUT2D eigenvalue weighted by Gasteiger charge is 2.32. The molecule has 0 spiro atoms. The largest absolute Gasteiger partial charge is 0.389 e. The molecule has 128 valence electrons. The summed E-state index contributed by atoms with van der Waals surface area (Å²) < 4.78 is 0. The highest BCUT2D eigenvalue weighted by molar-refractivity contribution is 5.81. The van der Waals surface area contributed by atoms with Crippen molar-refractivity contribution in [1.29, 1.82) is 0 Å². The van der Waals surface area contributed by atoms with Crippen LogP contribution in [0.4, 0.5) is 0 Å². The van der Waals surface area contributed by atoms with Crippen molar-refractivity contribution >= 4 is 5.91 Å². The van der Waals surface area contributed by atoms with Crippen molar-refractivity contribution < 1.29 is 9.90 Å². The van der Waals surface area contributed by atoms with Crippen LogP contribution in [0.1, 0.15) is 72.1 Å². The summed E-state index contributed by atoms with van der Waals surface area (Å²) in [5.41, 5.74) is -0.787. The molecule has 1 saturated carbocycles. The fourth-order valence-corrected chi connectivity index (χ4v) is 3.66. The first kappa shape index (κ1) is 17.7. The van der Waals surface area contributed by atoms with Gasteiger partial charge in [0.15, 0.2) is 0 Å². The molecule has 0 radical (unpaired) electrons. The second kappa shape index (κ2) is 7.31. The summed E-state index contributed by atoms with van der Waals surface area (Å²) in [6, 6.07) is 0.441. The van der Waals surface area contributed by atoms with Gasteiger partial charge in [-0.15, -0.1) is 0 Å². The van der Waals surface area contributed by atoms with Gasteiger partial charge in [0.05, 0.1) is 5.60 Å². The van der Waals surface area contributed by atoms with Gasteiger partial charge in [0.1, 0.15) is 0 Å². The van der Waals surface area contributed by atoms with Gasteiger partial charge in [-0.3, -0.25) is 4.79 Å². The lowest BCUT2D eigenvalue weighted by Crippen LogP contribution is -2.51. The van der Waals surface area contributed by atoms with Crippen LogP contribution in [0.2, 0.25) is 0 Å². The topological polar surface area (TPSA) is 52.6 Å². The minimum atomic E-state index is -0.505. The third kappa shape index (κ3) is 4.95. The number of aliphatic hydroxyl groups is 1. The summed E-state index contributed by atoms with van der Waals surface area (Å²) >= 11 is 0. The summed E-state index contributed by atoms with van der Waals surface area (Å²) in [6.07, 6.45) is 8.68. The number of rotatable bonds is 3. The first-order chi connectivity index (χ1) is 10.3. The second-order valence-corrected chi connectivity index (χ2v) is 8.34. The molecule has 1 amide bonds. The Balaban J connectivity index is 1.74. The molecular formula is C18H34N2O2. The molecule has 1 heterocycles. The van der Waals surface area contributed by atoms with E-state index in [1.807, 2.05) is 25.7 Å². The molecule has 1 aliphatic carbocycles. The van der Waals surface area contributed by atoms with Crippen LogP contribution in [-0.4, -0.2) is 47.2 Å². The molecule has 0 bridgehead atoms. The van der Waals surface area contributed by atoms with E-state index in [9.17, 15) is 9.90 Å². The van der Waals surface area contributed by atoms with Gasteiger partial charge in [-0.05, 0) is 25.7 Å². The second-order valence-electron chi connectivity index (χ2n) is 8.34. The first-order valence-corrected chi connectivity index (χ1v) is 9.05. The highest BCUT2D eigenvalue weighted by atomic mass is 16.3. The van der Waals surface area contributed by atoms with E-state index in [2.05, 4.69) is 5.32 Å². The number of nitrogens with one attached hydrogen (secondary N) is 1. The molecule has 0 unspecified atom stereocenters. The number of piperidine rings is 1. The van der Waals surface area contributed by atoms with E-state index in [-0.39, 0.29) is 11.3 Å². The van der Waals surface area contributed by atoms with Crippen LogP contribution < -0.4 is 5.32 Å². The number of hydrogen-bond donors (Lipinski definition) is 2. The van der Waals surface area contributed by atoms with Crippen molar-refractivity contribution in [2.24, 2.45) is 5.41 Å². The third-order valence-electron chi connectivity index (χ3n) is 5.18. The Morgan fingerprint density at radius 2 is 1.68 bits per heavy atom. The van der Waals surface area contributed by atoms with Gasteiger partial charge in [0, 0.05) is 31.1 Å². The lowest BCUT2D eigenvalue weighted by molar-refractivity contribution is -0.140. The minimum absolute atomic E-state index is 0.258. The highest BCUT2D eigenvalue weighted by Crippen LogP contribution is 2.27. The molecule has 4 nitrogen and oxygen atoms in total. The maximum absolute atomic E-state index is 12.3. The average molecular weight is 310 g/mol. The van der Waals surface area contributed by atoms with Crippen molar-refractivity contribution in [2.75, 3.05) is 19.6 Å². The molecule has 0 aromatic heterocycles. The van der Waals surface area contributed by atoms with Gasteiger partial charge < -0.3 is 15.3 Å². The van der Waals surface area contributed by atoms with Gasteiger partial charge in [0.25, 0.3) is 0 Å². The van der Waals surface area contributed by atoms with Crippen molar-refractivity contribution in [3.8, 4) is 0 Å². The summed E-state index contributed by atoms with van der Waals surface area (Å²) in [6.45, 7) is 8.35. The van der Waals surface area contributed by atoms with Crippen LogP contribution in [0.5, 0.6) is 0 Å². The van der Waals surface area contributed by atoms with Crippen LogP contribution in [0, 0.1) is 5.41 Å². The molecule has 22 heavy (non-hydrogen) atoms. The van der Waals surface area contributed by atoms with Crippen LogP contribution in [-0.2, 0) is 4.79 Å². The van der Waals surface area contributed by atoms with Gasteiger partial charge in [0.2, 0.25) is 5.91 Å². The Morgan fingerprint density at radius 3 is 2.18 bits per heavy atom. The minimum Gasteiger partial charge on any atom is -0.389 e. The van der Waals surface area contributed by atoms with E-state index in [0.29, 0.717) is 12.6 Å². The summed E-state index contributed by atoms with van der Waals surface area (Å²) in [5, 5.41) is 14.3. The number of hydrogen-bond acceptors (Lipinski definition) is 3. The van der Waals surface area contributed by atoms with Crippen molar-refractivity contribution in [3.63, 3.8) is 0 Å². The monoisotopic (exact) mass is 310 g/mol. The Bertz CT molecular complexity index is 360. The maximum atomic E-state index is 12.3. The van der Waals surface area contributed by atoms with Crippen molar-refractivity contribution in [3.05, 3.63) is 0 Å². The Hall–Kier alpha value is -0.610. The zero-order valence-corrected chi connectivity index (χ0v) is 14.7. The Kier molecular flexibility index (Phi) is 5.89. The van der Waals surface area contributed by atoms with Gasteiger partial charge in [-0.1, -0.05) is 46.5 Å². The zero-order chi connectivity index (χ0) is 16.2. The number of likely N-dealkylation sites (tertiary alicyclic amines) is 1. The van der Waals surface area contributed by atoms with Gasteiger partial charge in [-0.2, -0.15) is 0 Å². The predicted molar refractivity (Wildman–Crippen MR) is 89.7 cm³/mol. The molecule has 0 aromatic rings. The van der Waals surface area contributed by atoms with Crippen LogP contribution in [0.3, 0.4) is 0 Å². The SMILES string of the molecule is CC(C)(C)C(=O)N1CCC(NCC2(O)CCCCCC2)CC1. The number of carbonyl (C=O) groups excluding carboxylic acids is 1. The summed E-state index contributed by atoms with van der Waals surface area (Å²) in [4.78, 5) is 14.3. The van der Waals surface area contributed by atoms with Crippen LogP contribution >= 0.6 is 0 Å². The number of nitrogens with zero attached hydrogens (tertiary/aromatic N) is 1. The lowest BCUT2D eigenvalue weighted by Gasteiger charge is -2.37. The van der Waals surface area contributed by atoms with E-state index in [0.717, 1.165) is 51.6 Å². The van der Waals surface area contributed by atoms with Crippen LogP contribution in [0.25, 0.3) is 0 Å². The Morgan fingerprint density at radius 1 is 1.14 bits per heavy atom. The lowest BCUT2D eigenvalue weighted by atomic mass is 9.92. The molecule has 0 aromatic carbocycles. The maximum Gasteiger partial charge on any atom is 0.227 e. The zero-order valence-electron chi connectivity index (χ0n) is 14.7. The van der Waals surface area contributed by atoms with Gasteiger partial charge in [-0.25, -0.2) is 0 Å². The fraction of sp³-hybridized carbons (Fsp3) is 0.944. The van der Waals surface area contributed by atoms with E-state index < -0.39 is 5.60 Å². The smallest absolute Gasteiger partial charge is 0.227 e. The quantitative estimate of drug-likeness (QED) is 0.788. The van der Waals surface area contributed by atoms with Crippen molar-refractivity contribution in [2.45, 2.75) is 83.8 Å². The van der Waals surface area contributed by atoms with E-state index >= 15 is 0 Å². The fourth-order valence-electron chi connectivity index (χ4n) is 3.66. The molecule has 2 rings (SSSR count). The Labute approximate surface area is 135 Å². The molecule has 4 heteroatoms. The summed E-state index contributed by atoms with van der Waals surface area (Å²) in [7, 11) is 0. The number of carbonyl (C=O) groups is 1. The van der Waals surface area contributed by atoms with Crippen LogP contribution in [0.15, 0.2) is 0 Å². The molecule has 1 aliphatic heterocycles. The first-order valence-electron chi connectivity index (χ1n) is 9.05.